The van der Waals surface area contributed by atoms with Gasteiger partial charge in [-0.15, -0.1) is 0 Å². The van der Waals surface area contributed by atoms with Crippen LogP contribution in [0, 0.1) is 6.92 Å². The number of nitrogens with zero attached hydrogens (tertiary/aromatic N) is 2. The molecule has 0 amide bonds. The van der Waals surface area contributed by atoms with Crippen molar-refractivity contribution in [2.24, 2.45) is 0 Å². The van der Waals surface area contributed by atoms with E-state index >= 15 is 0 Å². The van der Waals surface area contributed by atoms with Gasteiger partial charge in [0.2, 0.25) is 0 Å². The largest absolute Gasteiger partial charge is 0.495 e. The summed E-state index contributed by atoms with van der Waals surface area (Å²) < 4.78 is 5.72. The van der Waals surface area contributed by atoms with Crippen LogP contribution in [0.4, 0.5) is 0 Å². The van der Waals surface area contributed by atoms with Crippen LogP contribution in [-0.4, -0.2) is 17.1 Å². The second-order valence-electron chi connectivity index (χ2n) is 3.51. The molecule has 0 saturated heterocycles. The van der Waals surface area contributed by atoms with Gasteiger partial charge >= 0.3 is 0 Å². The Morgan fingerprint density at radius 2 is 2.12 bits per heavy atom. The van der Waals surface area contributed by atoms with Crippen LogP contribution in [-0.2, 0) is 0 Å². The number of halogens is 2. The maximum atomic E-state index is 6.11. The summed E-state index contributed by atoms with van der Waals surface area (Å²) in [5.41, 5.74) is 2.85. The van der Waals surface area contributed by atoms with E-state index in [4.69, 9.17) is 16.3 Å². The fourth-order valence-electron chi connectivity index (χ4n) is 1.57. The van der Waals surface area contributed by atoms with Gasteiger partial charge in [0, 0.05) is 11.8 Å². The molecule has 5 heteroatoms. The van der Waals surface area contributed by atoms with Gasteiger partial charge < -0.3 is 4.74 Å². The third-order valence-electron chi connectivity index (χ3n) is 2.40. The van der Waals surface area contributed by atoms with Gasteiger partial charge in [-0.25, -0.2) is 9.97 Å². The van der Waals surface area contributed by atoms with Crippen molar-refractivity contribution in [3.05, 3.63) is 39.7 Å². The molecule has 88 valence electrons. The van der Waals surface area contributed by atoms with Crippen LogP contribution in [0.25, 0.3) is 11.3 Å². The molecule has 0 fully saturated rings. The maximum Gasteiger partial charge on any atom is 0.197 e. The first-order valence-corrected chi connectivity index (χ1v) is 6.12. The van der Waals surface area contributed by atoms with E-state index in [2.05, 4.69) is 25.9 Å². The second-order valence-corrected chi connectivity index (χ2v) is 4.63. The van der Waals surface area contributed by atoms with Crippen molar-refractivity contribution in [3.63, 3.8) is 0 Å². The van der Waals surface area contributed by atoms with Crippen molar-refractivity contribution in [1.82, 2.24) is 9.97 Å². The minimum atomic E-state index is 0.557. The smallest absolute Gasteiger partial charge is 0.197 e. The van der Waals surface area contributed by atoms with Crippen molar-refractivity contribution in [3.8, 4) is 17.0 Å². The van der Waals surface area contributed by atoms with Crippen LogP contribution in [0.15, 0.2) is 29.1 Å². The number of ether oxygens (including phenoxy) is 1. The predicted molar refractivity (Wildman–Crippen MR) is 71.5 cm³/mol. The average molecular weight is 314 g/mol. The minimum Gasteiger partial charge on any atom is -0.495 e. The second kappa shape index (κ2) is 5.02. The van der Waals surface area contributed by atoms with Crippen LogP contribution in [0.2, 0.25) is 5.02 Å². The molecule has 0 saturated carbocycles. The molecule has 0 aliphatic heterocycles. The Labute approximate surface area is 113 Å². The zero-order valence-electron chi connectivity index (χ0n) is 9.37. The summed E-state index contributed by atoms with van der Waals surface area (Å²) in [6.45, 7) is 1.99. The van der Waals surface area contributed by atoms with Crippen LogP contribution in [0.1, 0.15) is 5.56 Å². The lowest BCUT2D eigenvalue weighted by atomic mass is 10.1. The highest BCUT2D eigenvalue weighted by atomic mass is 79.9. The van der Waals surface area contributed by atoms with Gasteiger partial charge in [-0.2, -0.15) is 0 Å². The van der Waals surface area contributed by atoms with Gasteiger partial charge in [0.25, 0.3) is 0 Å². The molecular formula is C12H10BrClN2O. The highest BCUT2D eigenvalue weighted by Gasteiger charge is 2.09. The van der Waals surface area contributed by atoms with Gasteiger partial charge in [-0.3, -0.25) is 0 Å². The SMILES string of the molecule is COc1cc(C)c(-c2ccnc(Br)n2)cc1Cl. The Bertz CT molecular complexity index is 560. The topological polar surface area (TPSA) is 35.0 Å². The maximum absolute atomic E-state index is 6.11. The van der Waals surface area contributed by atoms with Gasteiger partial charge in [0.15, 0.2) is 4.73 Å². The Kier molecular flexibility index (Phi) is 3.64. The van der Waals surface area contributed by atoms with Crippen molar-refractivity contribution >= 4 is 27.5 Å². The molecule has 0 radical (unpaired) electrons. The van der Waals surface area contributed by atoms with Gasteiger partial charge in [0.05, 0.1) is 17.8 Å². The number of rotatable bonds is 2. The van der Waals surface area contributed by atoms with Crippen LogP contribution >= 0.6 is 27.5 Å². The van der Waals surface area contributed by atoms with E-state index in [9.17, 15) is 0 Å². The molecule has 0 N–H and O–H groups in total. The van der Waals surface area contributed by atoms with Crippen molar-refractivity contribution in [2.45, 2.75) is 6.92 Å². The molecule has 0 unspecified atom stereocenters. The van der Waals surface area contributed by atoms with Crippen LogP contribution < -0.4 is 4.74 Å². The summed E-state index contributed by atoms with van der Waals surface area (Å²) in [6, 6.07) is 5.59. The van der Waals surface area contributed by atoms with Gasteiger partial charge in [0.1, 0.15) is 5.75 Å². The summed E-state index contributed by atoms with van der Waals surface area (Å²) in [5.74, 6) is 0.668. The highest BCUT2D eigenvalue weighted by Crippen LogP contribution is 2.32. The normalized spacial score (nSPS) is 10.4. The molecule has 0 bridgehead atoms. The third-order valence-corrected chi connectivity index (χ3v) is 3.08. The first-order chi connectivity index (χ1) is 8.11. The molecule has 1 aromatic carbocycles. The van der Waals surface area contributed by atoms with Crippen molar-refractivity contribution < 1.29 is 4.74 Å². The molecule has 0 atom stereocenters. The van der Waals surface area contributed by atoms with E-state index in [1.807, 2.05) is 25.1 Å². The highest BCUT2D eigenvalue weighted by molar-refractivity contribution is 9.10. The molecule has 0 aliphatic carbocycles. The third kappa shape index (κ3) is 2.58. The molecule has 3 nitrogen and oxygen atoms in total. The van der Waals surface area contributed by atoms with Crippen molar-refractivity contribution in [1.29, 1.82) is 0 Å². The Morgan fingerprint density at radius 1 is 1.35 bits per heavy atom. The molecule has 2 rings (SSSR count). The van der Waals surface area contributed by atoms with E-state index in [1.54, 1.807) is 13.3 Å². The quantitative estimate of drug-likeness (QED) is 0.789. The Hall–Kier alpha value is -1.13. The van der Waals surface area contributed by atoms with Gasteiger partial charge in [-0.05, 0) is 46.6 Å². The molecule has 0 aliphatic rings. The lowest BCUT2D eigenvalue weighted by Gasteiger charge is -2.09. The first-order valence-electron chi connectivity index (χ1n) is 4.95. The standard InChI is InChI=1S/C12H10BrClN2O/c1-7-5-11(17-2)9(14)6-8(7)10-3-4-15-12(13)16-10/h3-6H,1-2H3. The lowest BCUT2D eigenvalue weighted by molar-refractivity contribution is 0.415. The summed E-state index contributed by atoms with van der Waals surface area (Å²) in [6.07, 6.45) is 1.70. The van der Waals surface area contributed by atoms with Crippen LogP contribution in [0.5, 0.6) is 5.75 Å². The fraction of sp³-hybridized carbons (Fsp3) is 0.167. The number of benzene rings is 1. The zero-order valence-corrected chi connectivity index (χ0v) is 11.7. The summed E-state index contributed by atoms with van der Waals surface area (Å²) in [5, 5.41) is 0.572. The number of aryl methyl sites for hydroxylation is 1. The summed E-state index contributed by atoms with van der Waals surface area (Å²) in [4.78, 5) is 8.31. The zero-order chi connectivity index (χ0) is 12.4. The minimum absolute atomic E-state index is 0.557. The Morgan fingerprint density at radius 3 is 2.76 bits per heavy atom. The molecule has 0 spiro atoms. The Balaban J connectivity index is 2.56. The number of hydrogen-bond acceptors (Lipinski definition) is 3. The average Bonchev–Trinajstić information content (AvgIpc) is 2.31. The molecule has 1 aromatic heterocycles. The molecule has 2 aromatic rings. The predicted octanol–water partition coefficient (Wildman–Crippen LogP) is 3.88. The van der Waals surface area contributed by atoms with E-state index in [-0.39, 0.29) is 0 Å². The number of methoxy groups -OCH3 is 1. The molecular weight excluding hydrogens is 304 g/mol. The van der Waals surface area contributed by atoms with Crippen molar-refractivity contribution in [2.75, 3.05) is 7.11 Å². The van der Waals surface area contributed by atoms with E-state index in [0.717, 1.165) is 16.8 Å². The van der Waals surface area contributed by atoms with E-state index in [0.29, 0.717) is 15.5 Å². The fourth-order valence-corrected chi connectivity index (χ4v) is 2.12. The summed E-state index contributed by atoms with van der Waals surface area (Å²) >= 11 is 9.36. The monoisotopic (exact) mass is 312 g/mol. The van der Waals surface area contributed by atoms with E-state index in [1.165, 1.54) is 0 Å². The molecule has 17 heavy (non-hydrogen) atoms. The van der Waals surface area contributed by atoms with Gasteiger partial charge in [-0.1, -0.05) is 11.6 Å². The lowest BCUT2D eigenvalue weighted by Crippen LogP contribution is -1.92. The number of aromatic nitrogens is 2. The molecule has 1 heterocycles. The van der Waals surface area contributed by atoms with Crippen LogP contribution in [0.3, 0.4) is 0 Å². The first kappa shape index (κ1) is 12.3. The van der Waals surface area contributed by atoms with E-state index < -0.39 is 0 Å². The summed E-state index contributed by atoms with van der Waals surface area (Å²) in [7, 11) is 1.60. The number of hydrogen-bond donors (Lipinski definition) is 0.